The molecular weight excluding hydrogens is 274 g/mol. The van der Waals surface area contributed by atoms with Crippen molar-refractivity contribution in [1.82, 2.24) is 0 Å². The second kappa shape index (κ2) is 7.19. The number of benzene rings is 1. The zero-order valence-corrected chi connectivity index (χ0v) is 13.1. The molecule has 0 aromatic heterocycles. The monoisotopic (exact) mass is 297 g/mol. The van der Waals surface area contributed by atoms with Crippen LogP contribution in [-0.4, -0.2) is 19.8 Å². The molecule has 0 aliphatic heterocycles. The van der Waals surface area contributed by atoms with Gasteiger partial charge in [0, 0.05) is 6.04 Å². The summed E-state index contributed by atoms with van der Waals surface area (Å²) in [5.74, 6) is 2.04. The highest BCUT2D eigenvalue weighted by molar-refractivity contribution is 6.32. The zero-order valence-electron chi connectivity index (χ0n) is 12.3. The SMILES string of the molecule is CCC(N)Cc1cc(Cl)c(OCC2CCC2)c(OC)c1. The third-order valence-corrected chi connectivity index (χ3v) is 4.28. The van der Waals surface area contributed by atoms with Gasteiger partial charge in [-0.1, -0.05) is 24.9 Å². The average Bonchev–Trinajstić information content (AvgIpc) is 2.38. The fourth-order valence-electron chi connectivity index (χ4n) is 2.34. The van der Waals surface area contributed by atoms with Gasteiger partial charge in [-0.3, -0.25) is 0 Å². The van der Waals surface area contributed by atoms with Crippen molar-refractivity contribution in [2.45, 2.75) is 45.1 Å². The van der Waals surface area contributed by atoms with Crippen molar-refractivity contribution in [2.24, 2.45) is 11.7 Å². The van der Waals surface area contributed by atoms with Crippen LogP contribution in [0.5, 0.6) is 11.5 Å². The summed E-state index contributed by atoms with van der Waals surface area (Å²) in [6.45, 7) is 2.81. The molecule has 0 heterocycles. The molecule has 2 N–H and O–H groups in total. The van der Waals surface area contributed by atoms with Gasteiger partial charge < -0.3 is 15.2 Å². The smallest absolute Gasteiger partial charge is 0.179 e. The number of rotatable bonds is 7. The Hall–Kier alpha value is -0.930. The van der Waals surface area contributed by atoms with Gasteiger partial charge in [-0.15, -0.1) is 0 Å². The maximum atomic E-state index is 6.34. The molecule has 3 nitrogen and oxygen atoms in total. The third kappa shape index (κ3) is 3.80. The van der Waals surface area contributed by atoms with Crippen molar-refractivity contribution < 1.29 is 9.47 Å². The molecule has 1 aromatic carbocycles. The molecule has 1 unspecified atom stereocenters. The van der Waals surface area contributed by atoms with E-state index in [-0.39, 0.29) is 6.04 Å². The van der Waals surface area contributed by atoms with Gasteiger partial charge in [-0.2, -0.15) is 0 Å². The summed E-state index contributed by atoms with van der Waals surface area (Å²) in [6, 6.07) is 4.07. The Morgan fingerprint density at radius 2 is 2.15 bits per heavy atom. The second-order valence-electron chi connectivity index (χ2n) is 5.59. The van der Waals surface area contributed by atoms with Gasteiger partial charge in [0.25, 0.3) is 0 Å². The zero-order chi connectivity index (χ0) is 14.5. The van der Waals surface area contributed by atoms with Gasteiger partial charge in [0.1, 0.15) is 0 Å². The summed E-state index contributed by atoms with van der Waals surface area (Å²) in [4.78, 5) is 0. The maximum Gasteiger partial charge on any atom is 0.179 e. The van der Waals surface area contributed by atoms with Crippen molar-refractivity contribution >= 4 is 11.6 Å². The van der Waals surface area contributed by atoms with Gasteiger partial charge >= 0.3 is 0 Å². The van der Waals surface area contributed by atoms with Crippen molar-refractivity contribution in [3.8, 4) is 11.5 Å². The molecule has 4 heteroatoms. The molecule has 1 aromatic rings. The molecule has 2 rings (SSSR count). The van der Waals surface area contributed by atoms with Crippen LogP contribution >= 0.6 is 11.6 Å². The first-order valence-electron chi connectivity index (χ1n) is 7.38. The lowest BCUT2D eigenvalue weighted by molar-refractivity contribution is 0.176. The minimum Gasteiger partial charge on any atom is -0.493 e. The number of ether oxygens (including phenoxy) is 2. The van der Waals surface area contributed by atoms with Crippen LogP contribution in [0, 0.1) is 5.92 Å². The number of hydrogen-bond acceptors (Lipinski definition) is 3. The molecule has 20 heavy (non-hydrogen) atoms. The lowest BCUT2D eigenvalue weighted by Crippen LogP contribution is -2.21. The summed E-state index contributed by atoms with van der Waals surface area (Å²) in [6.07, 6.45) is 5.56. The highest BCUT2D eigenvalue weighted by Gasteiger charge is 2.20. The lowest BCUT2D eigenvalue weighted by atomic mass is 9.86. The summed E-state index contributed by atoms with van der Waals surface area (Å²) in [7, 11) is 1.64. The van der Waals surface area contributed by atoms with Crippen LogP contribution < -0.4 is 15.2 Å². The Labute approximate surface area is 126 Å². The Morgan fingerprint density at radius 3 is 2.70 bits per heavy atom. The Balaban J connectivity index is 2.09. The van der Waals surface area contributed by atoms with E-state index in [1.807, 2.05) is 12.1 Å². The van der Waals surface area contributed by atoms with E-state index in [1.54, 1.807) is 7.11 Å². The normalized spacial score (nSPS) is 16.6. The molecule has 0 saturated heterocycles. The van der Waals surface area contributed by atoms with Crippen LogP contribution in [0.25, 0.3) is 0 Å². The molecule has 0 spiro atoms. The summed E-state index contributed by atoms with van der Waals surface area (Å²) in [5, 5.41) is 0.613. The van der Waals surface area contributed by atoms with Gasteiger partial charge in [0.05, 0.1) is 18.7 Å². The number of nitrogens with two attached hydrogens (primary N) is 1. The highest BCUT2D eigenvalue weighted by atomic mass is 35.5. The van der Waals surface area contributed by atoms with Crippen molar-refractivity contribution in [3.63, 3.8) is 0 Å². The molecule has 1 atom stereocenters. The standard InChI is InChI=1S/C16H24ClNO2/c1-3-13(18)7-12-8-14(17)16(15(9-12)19-2)20-10-11-5-4-6-11/h8-9,11,13H,3-7,10,18H2,1-2H3. The Kier molecular flexibility index (Phi) is 5.55. The molecule has 1 saturated carbocycles. The molecule has 0 radical (unpaired) electrons. The number of hydrogen-bond donors (Lipinski definition) is 1. The first-order valence-corrected chi connectivity index (χ1v) is 7.76. The number of halogens is 1. The largest absolute Gasteiger partial charge is 0.493 e. The predicted octanol–water partition coefficient (Wildman–Crippen LogP) is 3.81. The quantitative estimate of drug-likeness (QED) is 0.832. The first-order chi connectivity index (χ1) is 9.63. The van der Waals surface area contributed by atoms with Crippen LogP contribution in [-0.2, 0) is 6.42 Å². The topological polar surface area (TPSA) is 44.5 Å². The predicted molar refractivity (Wildman–Crippen MR) is 82.8 cm³/mol. The second-order valence-corrected chi connectivity index (χ2v) is 6.00. The maximum absolute atomic E-state index is 6.34. The van der Waals surface area contributed by atoms with E-state index in [1.165, 1.54) is 19.3 Å². The van der Waals surface area contributed by atoms with Crippen LogP contribution in [0.4, 0.5) is 0 Å². The van der Waals surface area contributed by atoms with E-state index in [0.29, 0.717) is 22.4 Å². The molecule has 1 aliphatic carbocycles. The minimum absolute atomic E-state index is 0.150. The fraction of sp³-hybridized carbons (Fsp3) is 0.625. The third-order valence-electron chi connectivity index (χ3n) is 4.00. The van der Waals surface area contributed by atoms with E-state index in [0.717, 1.165) is 25.0 Å². The van der Waals surface area contributed by atoms with Crippen molar-refractivity contribution in [2.75, 3.05) is 13.7 Å². The van der Waals surface area contributed by atoms with E-state index in [2.05, 4.69) is 6.92 Å². The van der Waals surface area contributed by atoms with E-state index >= 15 is 0 Å². The first kappa shape index (κ1) is 15.5. The average molecular weight is 298 g/mol. The highest BCUT2D eigenvalue weighted by Crippen LogP contribution is 2.38. The van der Waals surface area contributed by atoms with Crippen molar-refractivity contribution in [3.05, 3.63) is 22.7 Å². The Bertz CT molecular complexity index is 446. The van der Waals surface area contributed by atoms with Gasteiger partial charge in [0.2, 0.25) is 0 Å². The molecule has 0 bridgehead atoms. The summed E-state index contributed by atoms with van der Waals surface area (Å²) >= 11 is 6.34. The lowest BCUT2D eigenvalue weighted by Gasteiger charge is -2.26. The number of methoxy groups -OCH3 is 1. The van der Waals surface area contributed by atoms with Crippen LogP contribution in [0.3, 0.4) is 0 Å². The van der Waals surface area contributed by atoms with Crippen LogP contribution in [0.15, 0.2) is 12.1 Å². The summed E-state index contributed by atoms with van der Waals surface area (Å²) in [5.41, 5.74) is 7.09. The van der Waals surface area contributed by atoms with Crippen LogP contribution in [0.2, 0.25) is 5.02 Å². The van der Waals surface area contributed by atoms with E-state index in [4.69, 9.17) is 26.8 Å². The van der Waals surface area contributed by atoms with Gasteiger partial charge in [-0.05, 0) is 49.3 Å². The van der Waals surface area contributed by atoms with Crippen molar-refractivity contribution in [1.29, 1.82) is 0 Å². The molecule has 1 aliphatic rings. The fourth-order valence-corrected chi connectivity index (χ4v) is 2.63. The van der Waals surface area contributed by atoms with E-state index in [9.17, 15) is 0 Å². The molecule has 112 valence electrons. The van der Waals surface area contributed by atoms with Gasteiger partial charge in [-0.25, -0.2) is 0 Å². The molecular formula is C16H24ClNO2. The Morgan fingerprint density at radius 1 is 1.40 bits per heavy atom. The summed E-state index contributed by atoms with van der Waals surface area (Å²) < 4.78 is 11.3. The van der Waals surface area contributed by atoms with E-state index < -0.39 is 0 Å². The van der Waals surface area contributed by atoms with Crippen LogP contribution in [0.1, 0.15) is 38.2 Å². The molecule has 0 amide bonds. The van der Waals surface area contributed by atoms with Gasteiger partial charge in [0.15, 0.2) is 11.5 Å². The minimum atomic E-state index is 0.150. The molecule has 1 fully saturated rings.